The first kappa shape index (κ1) is 28.0. The van der Waals surface area contributed by atoms with Crippen molar-refractivity contribution in [2.45, 2.75) is 53.6 Å². The van der Waals surface area contributed by atoms with Crippen molar-refractivity contribution < 1.29 is 9.94 Å². The average molecular weight is 519 g/mol. The molecular formula is C30H33N5NaO2. The number of nitrogens with zero attached hydrogens (tertiary/aromatic N) is 3. The van der Waals surface area contributed by atoms with Gasteiger partial charge in [-0.15, -0.1) is 0 Å². The number of aliphatic hydroxyl groups is 1. The summed E-state index contributed by atoms with van der Waals surface area (Å²) in [6.07, 6.45) is 6.28. The summed E-state index contributed by atoms with van der Waals surface area (Å²) in [5.74, 6) is 0. The predicted molar refractivity (Wildman–Crippen MR) is 157 cm³/mol. The Morgan fingerprint density at radius 3 is 2.47 bits per heavy atom. The molecule has 8 bridgehead atoms. The number of fused-ring (bicyclic) bond motifs is 8. The van der Waals surface area contributed by atoms with E-state index in [4.69, 9.17) is 14.8 Å². The van der Waals surface area contributed by atoms with Crippen LogP contribution in [0.4, 0.5) is 0 Å². The third-order valence-electron chi connectivity index (χ3n) is 7.09. The zero-order chi connectivity index (χ0) is 26.3. The fourth-order valence-corrected chi connectivity index (χ4v) is 5.01. The molecule has 1 radical (unpaired) electrons. The van der Waals surface area contributed by atoms with Crippen molar-refractivity contribution in [3.05, 3.63) is 75.9 Å². The first-order chi connectivity index (χ1) is 17.7. The third-order valence-corrected chi connectivity index (χ3v) is 7.09. The van der Waals surface area contributed by atoms with Gasteiger partial charge in [-0.25, -0.2) is 9.97 Å². The molecule has 2 aliphatic heterocycles. The quantitative estimate of drug-likeness (QED) is 0.225. The van der Waals surface area contributed by atoms with Gasteiger partial charge in [0.25, 0.3) is 0 Å². The largest absolute Gasteiger partial charge is 0.396 e. The van der Waals surface area contributed by atoms with Crippen LogP contribution in [-0.2, 0) is 16.9 Å². The van der Waals surface area contributed by atoms with Crippen molar-refractivity contribution in [2.75, 3.05) is 6.61 Å². The third kappa shape index (κ3) is 5.16. The second kappa shape index (κ2) is 11.0. The van der Waals surface area contributed by atoms with Crippen molar-refractivity contribution in [3.63, 3.8) is 0 Å². The molecule has 1 atom stereocenters. The van der Waals surface area contributed by atoms with Crippen molar-refractivity contribution in [1.82, 2.24) is 19.9 Å². The Bertz CT molecular complexity index is 1640. The Hall–Kier alpha value is -2.97. The summed E-state index contributed by atoms with van der Waals surface area (Å²) in [6, 6.07) is 10.2. The van der Waals surface area contributed by atoms with E-state index < -0.39 is 5.60 Å². The molecule has 0 saturated heterocycles. The Labute approximate surface area is 245 Å². The van der Waals surface area contributed by atoms with Crippen LogP contribution >= 0.6 is 0 Å². The van der Waals surface area contributed by atoms with Crippen LogP contribution in [0.1, 0.15) is 67.2 Å². The molecular weight excluding hydrogens is 485 g/mol. The summed E-state index contributed by atoms with van der Waals surface area (Å²) in [5, 5.41) is 15.7. The first-order valence-electron chi connectivity index (χ1n) is 12.7. The fraction of sp³-hybridized carbons (Fsp3) is 0.300. The molecule has 3 aromatic rings. The van der Waals surface area contributed by atoms with Crippen LogP contribution in [0.25, 0.3) is 39.3 Å². The number of aryl methyl sites for hydroxylation is 3. The monoisotopic (exact) mass is 518 g/mol. The van der Waals surface area contributed by atoms with E-state index in [0.717, 1.165) is 51.0 Å². The zero-order valence-electron chi connectivity index (χ0n) is 23.2. The van der Waals surface area contributed by atoms with Crippen LogP contribution in [0.5, 0.6) is 0 Å². The molecule has 0 saturated carbocycles. The molecule has 0 amide bonds. The van der Waals surface area contributed by atoms with Gasteiger partial charge < -0.3 is 19.9 Å². The molecule has 191 valence electrons. The summed E-state index contributed by atoms with van der Waals surface area (Å²) in [5.41, 5.74) is 10.8. The van der Waals surface area contributed by atoms with E-state index in [1.54, 1.807) is 19.2 Å². The molecule has 5 heterocycles. The van der Waals surface area contributed by atoms with Gasteiger partial charge in [-0.2, -0.15) is 0 Å². The van der Waals surface area contributed by atoms with Gasteiger partial charge in [0.15, 0.2) is 0 Å². The molecule has 8 heteroatoms. The number of rotatable bonds is 4. The number of aromatic amines is 2. The second-order valence-corrected chi connectivity index (χ2v) is 9.76. The number of H-pyrrole nitrogens is 2. The molecule has 5 rings (SSSR count). The molecule has 0 fully saturated rings. The maximum atomic E-state index is 11.7. The van der Waals surface area contributed by atoms with Gasteiger partial charge in [0.1, 0.15) is 12.2 Å². The molecule has 2 aliphatic rings. The molecule has 0 aromatic carbocycles. The van der Waals surface area contributed by atoms with E-state index in [2.05, 4.69) is 67.1 Å². The minimum atomic E-state index is -1.32. The molecule has 38 heavy (non-hydrogen) atoms. The van der Waals surface area contributed by atoms with Gasteiger partial charge in [0.05, 0.1) is 29.0 Å². The predicted octanol–water partition coefficient (Wildman–Crippen LogP) is 5.99. The van der Waals surface area contributed by atoms with Crippen LogP contribution in [0.2, 0.25) is 0 Å². The van der Waals surface area contributed by atoms with E-state index in [1.807, 2.05) is 19.1 Å². The van der Waals surface area contributed by atoms with E-state index in [0.29, 0.717) is 23.6 Å². The summed E-state index contributed by atoms with van der Waals surface area (Å²) >= 11 is 0. The van der Waals surface area contributed by atoms with Crippen LogP contribution in [-0.4, -0.2) is 67.4 Å². The number of oxime groups is 1. The maximum Gasteiger partial charge on any atom is 0.131 e. The van der Waals surface area contributed by atoms with Crippen LogP contribution in [0, 0.1) is 13.8 Å². The first-order valence-corrected chi connectivity index (χ1v) is 12.7. The van der Waals surface area contributed by atoms with Crippen LogP contribution < -0.4 is 0 Å². The second-order valence-electron chi connectivity index (χ2n) is 9.76. The summed E-state index contributed by atoms with van der Waals surface area (Å²) in [6.45, 7) is 12.5. The Morgan fingerprint density at radius 2 is 1.74 bits per heavy atom. The van der Waals surface area contributed by atoms with Gasteiger partial charge in [-0.05, 0) is 106 Å². The standard InChI is InChI=1S/C30H33N5O2.Na/c1-7-22-19(5)26-14-24-17(3)11-20(32-24)13-21-12-18(4)25(33-21)15-28-23(9-10-31-37-8-2)30(6,36)29(35-28)16-27(22)34-26;/h9-16,33-34,36H,7-8H2,1-6H3;. The minimum absolute atomic E-state index is 0. The number of hydrogen-bond donors (Lipinski definition) is 3. The van der Waals surface area contributed by atoms with Crippen molar-refractivity contribution in [1.29, 1.82) is 0 Å². The minimum Gasteiger partial charge on any atom is -0.396 e. The molecule has 1 unspecified atom stereocenters. The van der Waals surface area contributed by atoms with E-state index in [9.17, 15) is 5.11 Å². The molecule has 7 nitrogen and oxygen atoms in total. The average Bonchev–Trinajstić information content (AvgIpc) is 3.52. The molecule has 0 spiro atoms. The number of aromatic nitrogens is 4. The smallest absolute Gasteiger partial charge is 0.131 e. The van der Waals surface area contributed by atoms with Gasteiger partial charge in [0.2, 0.25) is 0 Å². The SMILES string of the molecule is CCON=CC=C1c2cc3[nH]c(cc4nc(cc5[nH]c(cc(n2)C1(C)O)c(CC)c5C)C(C)=C4)cc3C.[Na]. The summed E-state index contributed by atoms with van der Waals surface area (Å²) in [7, 11) is 0. The van der Waals surface area contributed by atoms with Crippen LogP contribution in [0.15, 0.2) is 41.6 Å². The number of allylic oxidation sites excluding steroid dienone is 2. The molecule has 3 aromatic heterocycles. The van der Waals surface area contributed by atoms with E-state index in [1.165, 1.54) is 11.1 Å². The van der Waals surface area contributed by atoms with E-state index >= 15 is 0 Å². The maximum absolute atomic E-state index is 11.7. The molecule has 3 N–H and O–H groups in total. The van der Waals surface area contributed by atoms with E-state index in [-0.39, 0.29) is 29.6 Å². The van der Waals surface area contributed by atoms with Gasteiger partial charge in [0, 0.05) is 57.2 Å². The fourth-order valence-electron chi connectivity index (χ4n) is 5.01. The zero-order valence-corrected chi connectivity index (χ0v) is 25.2. The summed E-state index contributed by atoms with van der Waals surface area (Å²) < 4.78 is 0. The topological polar surface area (TPSA) is 99.2 Å². The molecule has 0 aliphatic carbocycles. The number of nitrogens with one attached hydrogen (secondary N) is 2. The van der Waals surface area contributed by atoms with Crippen molar-refractivity contribution >= 4 is 75.1 Å². The van der Waals surface area contributed by atoms with Gasteiger partial charge >= 0.3 is 0 Å². The van der Waals surface area contributed by atoms with Gasteiger partial charge in [-0.1, -0.05) is 12.1 Å². The Morgan fingerprint density at radius 1 is 0.974 bits per heavy atom. The Kier molecular flexibility index (Phi) is 8.14. The normalized spacial score (nSPS) is 18.1. The summed E-state index contributed by atoms with van der Waals surface area (Å²) in [4.78, 5) is 22.0. The Balaban J connectivity index is 0.00000336. The van der Waals surface area contributed by atoms with Crippen molar-refractivity contribution in [3.8, 4) is 0 Å². The number of hydrogen-bond acceptors (Lipinski definition) is 5. The van der Waals surface area contributed by atoms with Crippen molar-refractivity contribution in [2.24, 2.45) is 5.16 Å². The van der Waals surface area contributed by atoms with Gasteiger partial charge in [-0.3, -0.25) is 0 Å². The van der Waals surface area contributed by atoms with Crippen LogP contribution in [0.3, 0.4) is 0 Å².